The maximum atomic E-state index is 12.3. The molecule has 0 radical (unpaired) electrons. The van der Waals surface area contributed by atoms with Crippen molar-refractivity contribution in [2.75, 3.05) is 24.4 Å². The molecular weight excluding hydrogens is 419 g/mol. The molecule has 2 aromatic carbocycles. The Hall–Kier alpha value is -3.16. The standard InChI is InChI=1S/C20H16Cl2N2O5/c1-27-17-7-5-13(23-20(26)18-3-2-8-28-18)10-15(17)24-19(25)11-29-16-6-4-12(21)9-14(16)22/h2-10H,11H2,1H3,(H,23,26)(H,24,25). The van der Waals surface area contributed by atoms with Gasteiger partial charge in [0.15, 0.2) is 12.4 Å². The number of halogens is 2. The molecule has 0 spiro atoms. The number of benzene rings is 2. The van der Waals surface area contributed by atoms with Gasteiger partial charge in [-0.2, -0.15) is 0 Å². The summed E-state index contributed by atoms with van der Waals surface area (Å²) < 4.78 is 15.7. The molecule has 0 fully saturated rings. The van der Waals surface area contributed by atoms with E-state index < -0.39 is 11.8 Å². The van der Waals surface area contributed by atoms with Gasteiger partial charge in [-0.05, 0) is 48.5 Å². The normalized spacial score (nSPS) is 10.3. The lowest BCUT2D eigenvalue weighted by atomic mass is 10.2. The van der Waals surface area contributed by atoms with Gasteiger partial charge >= 0.3 is 0 Å². The van der Waals surface area contributed by atoms with Crippen LogP contribution in [0.15, 0.2) is 59.2 Å². The van der Waals surface area contributed by atoms with Crippen molar-refractivity contribution < 1.29 is 23.5 Å². The van der Waals surface area contributed by atoms with E-state index in [2.05, 4.69) is 10.6 Å². The van der Waals surface area contributed by atoms with Gasteiger partial charge in [-0.15, -0.1) is 0 Å². The Labute approximate surface area is 176 Å². The van der Waals surface area contributed by atoms with E-state index in [-0.39, 0.29) is 12.4 Å². The number of nitrogens with one attached hydrogen (secondary N) is 2. The molecule has 7 nitrogen and oxygen atoms in total. The number of methoxy groups -OCH3 is 1. The number of carbonyl (C=O) groups excluding carboxylic acids is 2. The zero-order chi connectivity index (χ0) is 20.8. The highest BCUT2D eigenvalue weighted by Gasteiger charge is 2.13. The van der Waals surface area contributed by atoms with Crippen molar-refractivity contribution >= 4 is 46.4 Å². The molecule has 0 aliphatic carbocycles. The lowest BCUT2D eigenvalue weighted by molar-refractivity contribution is -0.118. The van der Waals surface area contributed by atoms with Crippen LogP contribution < -0.4 is 20.1 Å². The lowest BCUT2D eigenvalue weighted by Crippen LogP contribution is -2.21. The van der Waals surface area contributed by atoms with Crippen LogP contribution in [0.1, 0.15) is 10.6 Å². The Morgan fingerprint density at radius 2 is 1.83 bits per heavy atom. The topological polar surface area (TPSA) is 89.8 Å². The summed E-state index contributed by atoms with van der Waals surface area (Å²) in [5, 5.41) is 6.12. The van der Waals surface area contributed by atoms with Crippen molar-refractivity contribution in [2.24, 2.45) is 0 Å². The number of hydrogen-bond donors (Lipinski definition) is 2. The second-order valence-electron chi connectivity index (χ2n) is 5.76. The van der Waals surface area contributed by atoms with Gasteiger partial charge in [0.2, 0.25) is 0 Å². The minimum atomic E-state index is -0.441. The summed E-state index contributed by atoms with van der Waals surface area (Å²) in [7, 11) is 1.47. The van der Waals surface area contributed by atoms with Crippen molar-refractivity contribution in [3.63, 3.8) is 0 Å². The summed E-state index contributed by atoms with van der Waals surface area (Å²) in [6.45, 7) is -0.284. The molecule has 9 heteroatoms. The van der Waals surface area contributed by atoms with E-state index >= 15 is 0 Å². The molecule has 3 aromatic rings. The average molecular weight is 435 g/mol. The monoisotopic (exact) mass is 434 g/mol. The molecule has 0 atom stereocenters. The van der Waals surface area contributed by atoms with Crippen LogP contribution in [-0.4, -0.2) is 25.5 Å². The summed E-state index contributed by atoms with van der Waals surface area (Å²) in [5.41, 5.74) is 0.810. The van der Waals surface area contributed by atoms with Gasteiger partial charge in [-0.1, -0.05) is 23.2 Å². The Morgan fingerprint density at radius 3 is 2.52 bits per heavy atom. The van der Waals surface area contributed by atoms with E-state index in [0.29, 0.717) is 32.9 Å². The number of carbonyl (C=O) groups is 2. The molecule has 0 saturated carbocycles. The zero-order valence-electron chi connectivity index (χ0n) is 15.2. The van der Waals surface area contributed by atoms with Gasteiger partial charge in [0.1, 0.15) is 11.5 Å². The number of hydrogen-bond acceptors (Lipinski definition) is 5. The summed E-state index contributed by atoms with van der Waals surface area (Å²) in [6, 6.07) is 12.7. The van der Waals surface area contributed by atoms with Crippen LogP contribution >= 0.6 is 23.2 Å². The van der Waals surface area contributed by atoms with Crippen LogP contribution in [-0.2, 0) is 4.79 Å². The molecule has 2 N–H and O–H groups in total. The Bertz CT molecular complexity index is 1020. The fraction of sp³-hybridized carbons (Fsp3) is 0.100. The molecule has 0 unspecified atom stereocenters. The summed E-state index contributed by atoms with van der Waals surface area (Å²) >= 11 is 11.9. The first-order chi connectivity index (χ1) is 14.0. The fourth-order valence-corrected chi connectivity index (χ4v) is 2.87. The van der Waals surface area contributed by atoms with E-state index in [0.717, 1.165) is 0 Å². The smallest absolute Gasteiger partial charge is 0.291 e. The summed E-state index contributed by atoms with van der Waals surface area (Å²) in [5.74, 6) is 0.0538. The molecular formula is C20H16Cl2N2O5. The minimum Gasteiger partial charge on any atom is -0.495 e. The molecule has 150 valence electrons. The molecule has 1 heterocycles. The number of rotatable bonds is 7. The van der Waals surface area contributed by atoms with Gasteiger partial charge in [0.05, 0.1) is 24.1 Å². The van der Waals surface area contributed by atoms with Gasteiger partial charge in [0, 0.05) is 10.7 Å². The van der Waals surface area contributed by atoms with E-state index in [9.17, 15) is 9.59 Å². The molecule has 2 amide bonds. The largest absolute Gasteiger partial charge is 0.495 e. The van der Waals surface area contributed by atoms with Crippen LogP contribution in [0.25, 0.3) is 0 Å². The first kappa shape index (κ1) is 20.6. The number of furan rings is 1. The van der Waals surface area contributed by atoms with Gasteiger partial charge < -0.3 is 24.5 Å². The highest BCUT2D eigenvalue weighted by atomic mass is 35.5. The third kappa shape index (κ3) is 5.43. The van der Waals surface area contributed by atoms with Crippen molar-refractivity contribution in [2.45, 2.75) is 0 Å². The minimum absolute atomic E-state index is 0.166. The SMILES string of the molecule is COc1ccc(NC(=O)c2ccco2)cc1NC(=O)COc1ccc(Cl)cc1Cl. The predicted molar refractivity (Wildman–Crippen MR) is 110 cm³/mol. The van der Waals surface area contributed by atoms with Crippen molar-refractivity contribution in [1.29, 1.82) is 0 Å². The average Bonchev–Trinajstić information content (AvgIpc) is 3.22. The fourth-order valence-electron chi connectivity index (χ4n) is 2.41. The number of anilines is 2. The zero-order valence-corrected chi connectivity index (χ0v) is 16.7. The third-order valence-corrected chi connectivity index (χ3v) is 4.26. The van der Waals surface area contributed by atoms with Crippen molar-refractivity contribution in [3.8, 4) is 11.5 Å². The first-order valence-electron chi connectivity index (χ1n) is 8.37. The Balaban J connectivity index is 1.66. The van der Waals surface area contributed by atoms with Crippen LogP contribution in [0.3, 0.4) is 0 Å². The quantitative estimate of drug-likeness (QED) is 0.553. The third-order valence-electron chi connectivity index (χ3n) is 3.73. The van der Waals surface area contributed by atoms with Gasteiger partial charge in [0.25, 0.3) is 11.8 Å². The Kier molecular flexibility index (Phi) is 6.64. The predicted octanol–water partition coefficient (Wildman–Crippen LogP) is 4.86. The Morgan fingerprint density at radius 1 is 1.03 bits per heavy atom. The van der Waals surface area contributed by atoms with Crippen LogP contribution in [0.5, 0.6) is 11.5 Å². The van der Waals surface area contributed by atoms with E-state index in [1.165, 1.54) is 19.4 Å². The van der Waals surface area contributed by atoms with Crippen LogP contribution in [0.4, 0.5) is 11.4 Å². The lowest BCUT2D eigenvalue weighted by Gasteiger charge is -2.13. The molecule has 0 bridgehead atoms. The first-order valence-corrected chi connectivity index (χ1v) is 9.12. The molecule has 0 aliphatic rings. The molecule has 29 heavy (non-hydrogen) atoms. The second-order valence-corrected chi connectivity index (χ2v) is 6.60. The van der Waals surface area contributed by atoms with Gasteiger partial charge in [-0.25, -0.2) is 0 Å². The highest BCUT2D eigenvalue weighted by Crippen LogP contribution is 2.29. The van der Waals surface area contributed by atoms with Crippen LogP contribution in [0, 0.1) is 0 Å². The maximum Gasteiger partial charge on any atom is 0.291 e. The van der Waals surface area contributed by atoms with Crippen LogP contribution in [0.2, 0.25) is 10.0 Å². The van der Waals surface area contributed by atoms with E-state index in [4.69, 9.17) is 37.1 Å². The second kappa shape index (κ2) is 9.36. The van der Waals surface area contributed by atoms with Crippen molar-refractivity contribution in [3.05, 3.63) is 70.6 Å². The van der Waals surface area contributed by atoms with Crippen molar-refractivity contribution in [1.82, 2.24) is 0 Å². The van der Waals surface area contributed by atoms with Gasteiger partial charge in [-0.3, -0.25) is 9.59 Å². The maximum absolute atomic E-state index is 12.3. The summed E-state index contributed by atoms with van der Waals surface area (Å²) in [4.78, 5) is 24.4. The molecule has 0 saturated heterocycles. The summed E-state index contributed by atoms with van der Waals surface area (Å²) in [6.07, 6.45) is 1.40. The number of ether oxygens (including phenoxy) is 2. The van der Waals surface area contributed by atoms with E-state index in [1.807, 2.05) is 0 Å². The molecule has 3 rings (SSSR count). The van der Waals surface area contributed by atoms with E-state index in [1.54, 1.807) is 42.5 Å². The molecule has 1 aromatic heterocycles. The number of amides is 2. The highest BCUT2D eigenvalue weighted by molar-refractivity contribution is 6.35. The molecule has 0 aliphatic heterocycles.